The van der Waals surface area contributed by atoms with Crippen LogP contribution in [-0.4, -0.2) is 16.8 Å². The summed E-state index contributed by atoms with van der Waals surface area (Å²) in [5.74, 6) is 0.132. The lowest BCUT2D eigenvalue weighted by molar-refractivity contribution is -0.124. The summed E-state index contributed by atoms with van der Waals surface area (Å²) in [5, 5.41) is 3.96. The Morgan fingerprint density at radius 1 is 1.39 bits per heavy atom. The second-order valence-electron chi connectivity index (χ2n) is 4.27. The van der Waals surface area contributed by atoms with Crippen molar-refractivity contribution in [3.05, 3.63) is 42.1 Å². The summed E-state index contributed by atoms with van der Waals surface area (Å²) in [4.78, 5) is 16.0. The molecule has 0 saturated heterocycles. The number of nitrogens with zero attached hydrogens (tertiary/aromatic N) is 1. The lowest BCUT2D eigenvalue weighted by atomic mass is 10.1. The molecule has 0 fully saturated rings. The average molecular weight is 263 g/mol. The highest BCUT2D eigenvalue weighted by atomic mass is 35.5. The minimum atomic E-state index is -0.172. The molecule has 0 aliphatic carbocycles. The maximum atomic E-state index is 11.7. The number of hydrogen-bond donors (Lipinski definition) is 1. The van der Waals surface area contributed by atoms with Crippen LogP contribution in [0.4, 0.5) is 0 Å². The van der Waals surface area contributed by atoms with Crippen molar-refractivity contribution >= 4 is 28.4 Å². The molecule has 1 aromatic carbocycles. The molecule has 94 valence electrons. The summed E-state index contributed by atoms with van der Waals surface area (Å²) in [6.45, 7) is 2.29. The van der Waals surface area contributed by atoms with Crippen LogP contribution in [0.1, 0.15) is 12.5 Å². The van der Waals surface area contributed by atoms with Crippen molar-refractivity contribution in [2.24, 2.45) is 5.92 Å². The Morgan fingerprint density at radius 2 is 2.17 bits per heavy atom. The third-order valence-electron chi connectivity index (χ3n) is 2.85. The Labute approximate surface area is 111 Å². The molecular formula is C14H15ClN2O. The van der Waals surface area contributed by atoms with Crippen LogP contribution in [0, 0.1) is 5.92 Å². The van der Waals surface area contributed by atoms with Crippen molar-refractivity contribution in [2.45, 2.75) is 13.5 Å². The summed E-state index contributed by atoms with van der Waals surface area (Å²) >= 11 is 5.65. The zero-order valence-electron chi connectivity index (χ0n) is 10.2. The average Bonchev–Trinajstić information content (AvgIpc) is 2.43. The number of fused-ring (bicyclic) bond motifs is 1. The molecule has 1 atom stereocenters. The maximum Gasteiger partial charge on any atom is 0.224 e. The number of halogens is 1. The first-order chi connectivity index (χ1) is 8.72. The third kappa shape index (κ3) is 2.79. The first-order valence-electron chi connectivity index (χ1n) is 5.88. The van der Waals surface area contributed by atoms with Crippen LogP contribution in [-0.2, 0) is 11.3 Å². The molecule has 0 aliphatic rings. The summed E-state index contributed by atoms with van der Waals surface area (Å²) < 4.78 is 0. The van der Waals surface area contributed by atoms with Gasteiger partial charge < -0.3 is 5.32 Å². The van der Waals surface area contributed by atoms with Crippen LogP contribution in [0.5, 0.6) is 0 Å². The van der Waals surface area contributed by atoms with Crippen molar-refractivity contribution < 1.29 is 4.79 Å². The fraction of sp³-hybridized carbons (Fsp3) is 0.286. The molecule has 0 aliphatic heterocycles. The predicted molar refractivity (Wildman–Crippen MR) is 73.5 cm³/mol. The molecule has 1 amide bonds. The number of amides is 1. The van der Waals surface area contributed by atoms with E-state index in [-0.39, 0.29) is 11.8 Å². The number of carbonyl (C=O) groups is 1. The molecule has 1 unspecified atom stereocenters. The molecule has 2 rings (SSSR count). The first kappa shape index (κ1) is 12.8. The van der Waals surface area contributed by atoms with E-state index in [0.717, 1.165) is 16.5 Å². The van der Waals surface area contributed by atoms with Gasteiger partial charge in [0, 0.05) is 29.9 Å². The second kappa shape index (κ2) is 5.83. The SMILES string of the molecule is CC(CCl)C(=O)NCc1cccc2cccnc12. The van der Waals surface area contributed by atoms with Crippen molar-refractivity contribution in [3.8, 4) is 0 Å². The monoisotopic (exact) mass is 262 g/mol. The lowest BCUT2D eigenvalue weighted by Crippen LogP contribution is -2.29. The minimum Gasteiger partial charge on any atom is -0.352 e. The molecule has 1 heterocycles. The van der Waals surface area contributed by atoms with E-state index in [1.165, 1.54) is 0 Å². The number of nitrogens with one attached hydrogen (secondary N) is 1. The van der Waals surface area contributed by atoms with Crippen molar-refractivity contribution in [2.75, 3.05) is 5.88 Å². The highest BCUT2D eigenvalue weighted by Crippen LogP contribution is 2.15. The molecule has 2 aromatic rings. The highest BCUT2D eigenvalue weighted by molar-refractivity contribution is 6.19. The van der Waals surface area contributed by atoms with Gasteiger partial charge in [-0.25, -0.2) is 0 Å². The molecule has 0 radical (unpaired) electrons. The van der Waals surface area contributed by atoms with E-state index >= 15 is 0 Å². The maximum absolute atomic E-state index is 11.7. The molecule has 0 spiro atoms. The van der Waals surface area contributed by atoms with Gasteiger partial charge in [0.2, 0.25) is 5.91 Å². The molecule has 1 N–H and O–H groups in total. The van der Waals surface area contributed by atoms with Crippen molar-refractivity contribution in [1.82, 2.24) is 10.3 Å². The van der Waals surface area contributed by atoms with Crippen LogP contribution >= 0.6 is 11.6 Å². The van der Waals surface area contributed by atoms with E-state index in [9.17, 15) is 4.79 Å². The smallest absolute Gasteiger partial charge is 0.224 e. The second-order valence-corrected chi connectivity index (χ2v) is 4.57. The number of para-hydroxylation sites is 1. The molecule has 3 nitrogen and oxygen atoms in total. The van der Waals surface area contributed by atoms with Crippen molar-refractivity contribution in [1.29, 1.82) is 0 Å². The number of benzene rings is 1. The molecule has 18 heavy (non-hydrogen) atoms. The van der Waals surface area contributed by atoms with Gasteiger partial charge in [0.1, 0.15) is 0 Å². The summed E-state index contributed by atoms with van der Waals surface area (Å²) in [5.41, 5.74) is 1.95. The Bertz CT molecular complexity index is 551. The van der Waals surface area contributed by atoms with E-state index in [4.69, 9.17) is 11.6 Å². The predicted octanol–water partition coefficient (Wildman–Crippen LogP) is 2.73. The normalized spacial score (nSPS) is 12.3. The van der Waals surface area contributed by atoms with E-state index in [1.807, 2.05) is 37.3 Å². The highest BCUT2D eigenvalue weighted by Gasteiger charge is 2.11. The Balaban J connectivity index is 2.15. The van der Waals surface area contributed by atoms with Gasteiger partial charge in [-0.3, -0.25) is 9.78 Å². The minimum absolute atomic E-state index is 0.0297. The number of aromatic nitrogens is 1. The van der Waals surface area contributed by atoms with Crippen LogP contribution in [0.25, 0.3) is 10.9 Å². The number of pyridine rings is 1. The fourth-order valence-electron chi connectivity index (χ4n) is 1.74. The number of hydrogen-bond acceptors (Lipinski definition) is 2. The van der Waals surface area contributed by atoms with Gasteiger partial charge in [-0.05, 0) is 11.6 Å². The number of rotatable bonds is 4. The van der Waals surface area contributed by atoms with Gasteiger partial charge in [-0.15, -0.1) is 11.6 Å². The van der Waals surface area contributed by atoms with Crippen molar-refractivity contribution in [3.63, 3.8) is 0 Å². The zero-order chi connectivity index (χ0) is 13.0. The Hall–Kier alpha value is -1.61. The molecular weight excluding hydrogens is 248 g/mol. The zero-order valence-corrected chi connectivity index (χ0v) is 10.9. The quantitative estimate of drug-likeness (QED) is 0.861. The number of carbonyl (C=O) groups excluding carboxylic acids is 1. The van der Waals surface area contributed by atoms with Crippen LogP contribution < -0.4 is 5.32 Å². The van der Waals surface area contributed by atoms with E-state index in [1.54, 1.807) is 6.20 Å². The van der Waals surface area contributed by atoms with Gasteiger partial charge in [-0.1, -0.05) is 31.2 Å². The van der Waals surface area contributed by atoms with Gasteiger partial charge in [-0.2, -0.15) is 0 Å². The summed E-state index contributed by atoms with van der Waals surface area (Å²) in [7, 11) is 0. The van der Waals surface area contributed by atoms with Crippen LogP contribution in [0.2, 0.25) is 0 Å². The topological polar surface area (TPSA) is 42.0 Å². The fourth-order valence-corrected chi connectivity index (χ4v) is 1.88. The van der Waals surface area contributed by atoms with Gasteiger partial charge >= 0.3 is 0 Å². The van der Waals surface area contributed by atoms with E-state index in [2.05, 4.69) is 10.3 Å². The molecule has 4 heteroatoms. The lowest BCUT2D eigenvalue weighted by Gasteiger charge is -2.10. The number of alkyl halides is 1. The van der Waals surface area contributed by atoms with Crippen LogP contribution in [0.15, 0.2) is 36.5 Å². The summed E-state index contributed by atoms with van der Waals surface area (Å²) in [6, 6.07) is 9.86. The van der Waals surface area contributed by atoms with Gasteiger partial charge in [0.05, 0.1) is 5.52 Å². The van der Waals surface area contributed by atoms with Gasteiger partial charge in [0.25, 0.3) is 0 Å². The Morgan fingerprint density at radius 3 is 2.94 bits per heavy atom. The third-order valence-corrected chi connectivity index (χ3v) is 3.31. The molecule has 1 aromatic heterocycles. The summed E-state index contributed by atoms with van der Waals surface area (Å²) in [6.07, 6.45) is 1.76. The van der Waals surface area contributed by atoms with Crippen LogP contribution in [0.3, 0.4) is 0 Å². The van der Waals surface area contributed by atoms with E-state index in [0.29, 0.717) is 12.4 Å². The molecule has 0 bridgehead atoms. The van der Waals surface area contributed by atoms with E-state index < -0.39 is 0 Å². The standard InChI is InChI=1S/C14H15ClN2O/c1-10(8-15)14(18)17-9-12-5-2-4-11-6-3-7-16-13(11)12/h2-7,10H,8-9H2,1H3,(H,17,18). The molecule has 0 saturated carbocycles. The largest absolute Gasteiger partial charge is 0.352 e. The first-order valence-corrected chi connectivity index (χ1v) is 6.42. The Kier molecular flexibility index (Phi) is 4.15. The van der Waals surface area contributed by atoms with Gasteiger partial charge in [0.15, 0.2) is 0 Å².